The number of ether oxygens (including phenoxy) is 1. The first-order valence-electron chi connectivity index (χ1n) is 9.32. The number of hydrogen-bond donors (Lipinski definition) is 1. The molecule has 1 saturated carbocycles. The highest BCUT2D eigenvalue weighted by Crippen LogP contribution is 2.48. The Balaban J connectivity index is 0.00000225. The van der Waals surface area contributed by atoms with Gasteiger partial charge < -0.3 is 15.0 Å². The van der Waals surface area contributed by atoms with Crippen molar-refractivity contribution >= 4 is 29.9 Å². The highest BCUT2D eigenvalue weighted by molar-refractivity contribution is 14.0. The topological polar surface area (TPSA) is 36.9 Å². The van der Waals surface area contributed by atoms with E-state index in [9.17, 15) is 0 Å². The van der Waals surface area contributed by atoms with Gasteiger partial charge in [-0.2, -0.15) is 0 Å². The maximum absolute atomic E-state index is 5.50. The Morgan fingerprint density at radius 1 is 1.32 bits per heavy atom. The predicted molar refractivity (Wildman–Crippen MR) is 115 cm³/mol. The fourth-order valence-corrected chi connectivity index (χ4v) is 3.51. The molecule has 1 atom stereocenters. The molecule has 1 aromatic carbocycles. The van der Waals surface area contributed by atoms with Crippen LogP contribution in [0.2, 0.25) is 0 Å². The molecular weight excluding hydrogens is 425 g/mol. The van der Waals surface area contributed by atoms with Crippen molar-refractivity contribution in [2.24, 2.45) is 16.3 Å². The van der Waals surface area contributed by atoms with Crippen LogP contribution in [0.15, 0.2) is 35.3 Å². The third-order valence-electron chi connectivity index (χ3n) is 5.20. The molecule has 25 heavy (non-hydrogen) atoms. The summed E-state index contributed by atoms with van der Waals surface area (Å²) in [5.41, 5.74) is 1.82. The number of halogens is 1. The van der Waals surface area contributed by atoms with Crippen LogP contribution < -0.4 is 5.32 Å². The Kier molecular flexibility index (Phi) is 8.00. The molecule has 1 saturated heterocycles. The van der Waals surface area contributed by atoms with E-state index in [2.05, 4.69) is 54.5 Å². The molecule has 0 aromatic heterocycles. The largest absolute Gasteiger partial charge is 0.381 e. The van der Waals surface area contributed by atoms with Gasteiger partial charge in [-0.3, -0.25) is 4.99 Å². The summed E-state index contributed by atoms with van der Waals surface area (Å²) in [6.45, 7) is 6.80. The maximum Gasteiger partial charge on any atom is 0.193 e. The van der Waals surface area contributed by atoms with E-state index in [0.717, 1.165) is 45.2 Å². The predicted octanol–water partition coefficient (Wildman–Crippen LogP) is 3.56. The molecule has 1 aliphatic heterocycles. The molecule has 0 radical (unpaired) electrons. The van der Waals surface area contributed by atoms with Crippen LogP contribution in [-0.4, -0.2) is 50.8 Å². The Hall–Kier alpha value is -0.820. The van der Waals surface area contributed by atoms with Crippen LogP contribution in [0, 0.1) is 11.3 Å². The summed E-state index contributed by atoms with van der Waals surface area (Å²) in [4.78, 5) is 7.26. The zero-order valence-electron chi connectivity index (χ0n) is 15.5. The zero-order valence-corrected chi connectivity index (χ0v) is 17.9. The van der Waals surface area contributed by atoms with Crippen LogP contribution in [0.3, 0.4) is 0 Å². The number of aliphatic imine (C=N–C) groups is 1. The van der Waals surface area contributed by atoms with Crippen molar-refractivity contribution in [2.45, 2.75) is 32.6 Å². The summed E-state index contributed by atoms with van der Waals surface area (Å²) in [5, 5.41) is 3.46. The first-order valence-corrected chi connectivity index (χ1v) is 9.32. The molecule has 1 heterocycles. The van der Waals surface area contributed by atoms with Crippen LogP contribution >= 0.6 is 24.0 Å². The van der Waals surface area contributed by atoms with Gasteiger partial charge in [0, 0.05) is 39.2 Å². The van der Waals surface area contributed by atoms with E-state index in [0.29, 0.717) is 11.3 Å². The Morgan fingerprint density at radius 3 is 2.68 bits per heavy atom. The van der Waals surface area contributed by atoms with Gasteiger partial charge in [-0.25, -0.2) is 0 Å². The molecule has 1 unspecified atom stereocenters. The molecule has 1 N–H and O–H groups in total. The number of nitrogens with one attached hydrogen (secondary N) is 1. The summed E-state index contributed by atoms with van der Waals surface area (Å²) >= 11 is 0. The van der Waals surface area contributed by atoms with Crippen LogP contribution in [0.4, 0.5) is 0 Å². The van der Waals surface area contributed by atoms with Crippen molar-refractivity contribution in [1.82, 2.24) is 10.2 Å². The number of hydrogen-bond acceptors (Lipinski definition) is 2. The molecule has 140 valence electrons. The molecule has 0 bridgehead atoms. The summed E-state index contributed by atoms with van der Waals surface area (Å²) in [6, 6.07) is 10.8. The average molecular weight is 457 g/mol. The van der Waals surface area contributed by atoms with Crippen molar-refractivity contribution in [2.75, 3.05) is 39.9 Å². The Bertz CT molecular complexity index is 539. The van der Waals surface area contributed by atoms with Gasteiger partial charge >= 0.3 is 0 Å². The highest BCUT2D eigenvalue weighted by atomic mass is 127. The molecule has 2 fully saturated rings. The van der Waals surface area contributed by atoms with E-state index in [-0.39, 0.29) is 24.0 Å². The van der Waals surface area contributed by atoms with Crippen LogP contribution in [0.25, 0.3) is 0 Å². The summed E-state index contributed by atoms with van der Waals surface area (Å²) < 4.78 is 5.50. The molecular formula is C20H32IN3O. The van der Waals surface area contributed by atoms with Crippen LogP contribution in [-0.2, 0) is 11.2 Å². The monoisotopic (exact) mass is 457 g/mol. The standard InChI is InChI=1S/C20H31N3O.HI/c1-3-21-19(23(2)14-18-9-12-24-15-18)22-16-20(10-11-20)13-17-7-5-4-6-8-17;/h4-8,18H,3,9-16H2,1-2H3,(H,21,22);1H. The minimum Gasteiger partial charge on any atom is -0.381 e. The number of nitrogens with zero attached hydrogens (tertiary/aromatic N) is 2. The number of rotatable bonds is 7. The lowest BCUT2D eigenvalue weighted by Crippen LogP contribution is -2.41. The van der Waals surface area contributed by atoms with E-state index in [1.54, 1.807) is 0 Å². The summed E-state index contributed by atoms with van der Waals surface area (Å²) in [6.07, 6.45) is 4.91. The lowest BCUT2D eigenvalue weighted by atomic mass is 9.97. The average Bonchev–Trinajstić information content (AvgIpc) is 3.15. The molecule has 4 nitrogen and oxygen atoms in total. The SMILES string of the molecule is CCNC(=NCC1(Cc2ccccc2)CC1)N(C)CC1CCOC1.I. The summed E-state index contributed by atoms with van der Waals surface area (Å²) in [7, 11) is 2.15. The Morgan fingerprint density at radius 2 is 2.08 bits per heavy atom. The molecule has 1 aromatic rings. The third kappa shape index (κ3) is 6.13. The van der Waals surface area contributed by atoms with Gasteiger partial charge in [-0.05, 0) is 43.6 Å². The maximum atomic E-state index is 5.50. The number of guanidine groups is 1. The minimum atomic E-state index is 0. The van der Waals surface area contributed by atoms with Gasteiger partial charge in [0.2, 0.25) is 0 Å². The lowest BCUT2D eigenvalue weighted by Gasteiger charge is -2.25. The van der Waals surface area contributed by atoms with Crippen LogP contribution in [0.1, 0.15) is 31.7 Å². The van der Waals surface area contributed by atoms with Crippen molar-refractivity contribution in [3.05, 3.63) is 35.9 Å². The van der Waals surface area contributed by atoms with Gasteiger partial charge in [0.25, 0.3) is 0 Å². The molecule has 1 aliphatic carbocycles. The first-order chi connectivity index (χ1) is 11.7. The quantitative estimate of drug-likeness (QED) is 0.387. The second-order valence-electron chi connectivity index (χ2n) is 7.44. The van der Waals surface area contributed by atoms with Crippen LogP contribution in [0.5, 0.6) is 0 Å². The van der Waals surface area contributed by atoms with Gasteiger partial charge in [-0.15, -0.1) is 24.0 Å². The van der Waals surface area contributed by atoms with Crippen molar-refractivity contribution < 1.29 is 4.74 Å². The third-order valence-corrected chi connectivity index (χ3v) is 5.20. The normalized spacial score (nSPS) is 21.5. The molecule has 2 aliphatic rings. The molecule has 5 heteroatoms. The van der Waals surface area contributed by atoms with Crippen molar-refractivity contribution in [3.63, 3.8) is 0 Å². The zero-order chi connectivity index (χ0) is 16.8. The fraction of sp³-hybridized carbons (Fsp3) is 0.650. The molecule has 0 spiro atoms. The van der Waals surface area contributed by atoms with E-state index in [1.165, 1.54) is 24.8 Å². The Labute approximate surface area is 169 Å². The molecule has 0 amide bonds. The number of benzene rings is 1. The smallest absolute Gasteiger partial charge is 0.193 e. The molecule has 3 rings (SSSR count). The van der Waals surface area contributed by atoms with Crippen molar-refractivity contribution in [1.29, 1.82) is 0 Å². The van der Waals surface area contributed by atoms with E-state index in [1.807, 2.05) is 0 Å². The second kappa shape index (κ2) is 9.76. The van der Waals surface area contributed by atoms with Gasteiger partial charge in [0.05, 0.1) is 6.61 Å². The van der Waals surface area contributed by atoms with Gasteiger partial charge in [-0.1, -0.05) is 30.3 Å². The van der Waals surface area contributed by atoms with E-state index >= 15 is 0 Å². The second-order valence-corrected chi connectivity index (χ2v) is 7.44. The highest BCUT2D eigenvalue weighted by Gasteiger charge is 2.42. The van der Waals surface area contributed by atoms with Gasteiger partial charge in [0.1, 0.15) is 0 Å². The first kappa shape index (κ1) is 20.5. The fourth-order valence-electron chi connectivity index (χ4n) is 3.51. The van der Waals surface area contributed by atoms with Crippen molar-refractivity contribution in [3.8, 4) is 0 Å². The van der Waals surface area contributed by atoms with E-state index < -0.39 is 0 Å². The lowest BCUT2D eigenvalue weighted by molar-refractivity contribution is 0.181. The summed E-state index contributed by atoms with van der Waals surface area (Å²) in [5.74, 6) is 1.68. The minimum absolute atomic E-state index is 0. The van der Waals surface area contributed by atoms with E-state index in [4.69, 9.17) is 9.73 Å². The van der Waals surface area contributed by atoms with Gasteiger partial charge in [0.15, 0.2) is 5.96 Å².